The van der Waals surface area contributed by atoms with Gasteiger partial charge in [-0.1, -0.05) is 18.2 Å². The van der Waals surface area contributed by atoms with Crippen molar-refractivity contribution in [2.45, 2.75) is 32.8 Å². The minimum absolute atomic E-state index is 0.256. The molecule has 0 spiro atoms. The number of nitrogens with one attached hydrogen (secondary N) is 2. The normalized spacial score (nSPS) is 11.8. The van der Waals surface area contributed by atoms with Crippen LogP contribution >= 0.6 is 0 Å². The number of aromatic nitrogens is 1. The molecule has 0 aliphatic carbocycles. The number of H-pyrrole nitrogens is 1. The molecule has 128 valence electrons. The van der Waals surface area contributed by atoms with Gasteiger partial charge in [-0.3, -0.25) is 0 Å². The first kappa shape index (κ1) is 17.6. The predicted molar refractivity (Wildman–Crippen MR) is 93.1 cm³/mol. The average Bonchev–Trinajstić information content (AvgIpc) is 2.88. The van der Waals surface area contributed by atoms with Crippen LogP contribution in [0.1, 0.15) is 43.1 Å². The summed E-state index contributed by atoms with van der Waals surface area (Å²) in [6, 6.07) is 5.58. The zero-order valence-corrected chi connectivity index (χ0v) is 14.1. The Morgan fingerprint density at radius 1 is 1.33 bits per heavy atom. The van der Waals surface area contributed by atoms with Gasteiger partial charge in [0.25, 0.3) is 0 Å². The molecule has 0 unspecified atom stereocenters. The third-order valence-electron chi connectivity index (χ3n) is 3.23. The molecule has 24 heavy (non-hydrogen) atoms. The molecule has 1 aromatic heterocycles. The maximum absolute atomic E-state index is 11.5. The number of hydrogen-bond acceptors (Lipinski definition) is 3. The number of carboxylic acids is 1. The fourth-order valence-electron chi connectivity index (χ4n) is 2.21. The molecule has 0 bridgehead atoms. The molecule has 0 aliphatic heterocycles. The van der Waals surface area contributed by atoms with E-state index in [-0.39, 0.29) is 5.56 Å². The molecule has 0 aliphatic rings. The molecule has 1 amide bonds. The van der Waals surface area contributed by atoms with Gasteiger partial charge in [0.05, 0.1) is 5.56 Å². The number of carbonyl (C=O) groups is 2. The van der Waals surface area contributed by atoms with Crippen LogP contribution < -0.4 is 5.32 Å². The van der Waals surface area contributed by atoms with Gasteiger partial charge in [0.15, 0.2) is 0 Å². The lowest BCUT2D eigenvalue weighted by Gasteiger charge is -2.19. The zero-order chi connectivity index (χ0) is 17.7. The molecule has 1 heterocycles. The summed E-state index contributed by atoms with van der Waals surface area (Å²) in [5.41, 5.74) is 1.44. The molecule has 0 saturated carbocycles. The molecule has 2 aromatic rings. The number of carboxylic acid groups (broad SMARTS) is 1. The van der Waals surface area contributed by atoms with Gasteiger partial charge in [0, 0.05) is 23.6 Å². The summed E-state index contributed by atoms with van der Waals surface area (Å²) in [5, 5.41) is 12.5. The Hall–Kier alpha value is -2.76. The quantitative estimate of drug-likeness (QED) is 0.727. The molecular weight excluding hydrogens is 308 g/mol. The lowest BCUT2D eigenvalue weighted by molar-refractivity contribution is 0.0528. The number of aromatic amines is 1. The van der Waals surface area contributed by atoms with Gasteiger partial charge in [-0.25, -0.2) is 9.59 Å². The summed E-state index contributed by atoms with van der Waals surface area (Å²) in [5.74, 6) is -0.955. The largest absolute Gasteiger partial charge is 0.478 e. The van der Waals surface area contributed by atoms with Crippen LogP contribution in [0.5, 0.6) is 0 Å². The lowest BCUT2D eigenvalue weighted by atomic mass is 10.1. The number of amides is 1. The van der Waals surface area contributed by atoms with Crippen molar-refractivity contribution in [3.05, 3.63) is 41.6 Å². The van der Waals surface area contributed by atoms with Gasteiger partial charge < -0.3 is 20.1 Å². The van der Waals surface area contributed by atoms with E-state index in [9.17, 15) is 9.59 Å². The first-order valence-corrected chi connectivity index (χ1v) is 7.74. The smallest absolute Gasteiger partial charge is 0.407 e. The van der Waals surface area contributed by atoms with Gasteiger partial charge >= 0.3 is 12.1 Å². The van der Waals surface area contributed by atoms with Crippen LogP contribution in [0.4, 0.5) is 4.79 Å². The highest BCUT2D eigenvalue weighted by molar-refractivity contribution is 6.03. The summed E-state index contributed by atoms with van der Waals surface area (Å²) in [4.78, 5) is 25.6. The third kappa shape index (κ3) is 4.87. The van der Waals surface area contributed by atoms with Gasteiger partial charge in [-0.2, -0.15) is 0 Å². The summed E-state index contributed by atoms with van der Waals surface area (Å²) in [6.45, 7) is 5.91. The number of aromatic carboxylic acids is 1. The fraction of sp³-hybridized carbons (Fsp3) is 0.333. The number of rotatable bonds is 5. The Kier molecular flexibility index (Phi) is 5.28. The molecular formula is C18H22N2O4. The Morgan fingerprint density at radius 3 is 2.75 bits per heavy atom. The minimum Gasteiger partial charge on any atom is -0.478 e. The number of carbonyl (C=O) groups excluding carboxylic acids is 1. The second-order valence-corrected chi connectivity index (χ2v) is 6.43. The van der Waals surface area contributed by atoms with E-state index in [0.29, 0.717) is 18.4 Å². The summed E-state index contributed by atoms with van der Waals surface area (Å²) < 4.78 is 5.14. The van der Waals surface area contributed by atoms with Gasteiger partial charge in [-0.15, -0.1) is 0 Å². The molecule has 0 atom stereocenters. The van der Waals surface area contributed by atoms with Crippen LogP contribution in [0.2, 0.25) is 0 Å². The molecule has 6 heteroatoms. The second-order valence-electron chi connectivity index (χ2n) is 6.43. The topological polar surface area (TPSA) is 91.4 Å². The summed E-state index contributed by atoms with van der Waals surface area (Å²) in [6.07, 6.45) is 5.53. The van der Waals surface area contributed by atoms with E-state index in [4.69, 9.17) is 9.84 Å². The van der Waals surface area contributed by atoms with E-state index in [1.54, 1.807) is 0 Å². The first-order valence-electron chi connectivity index (χ1n) is 7.74. The van der Waals surface area contributed by atoms with Crippen molar-refractivity contribution in [2.75, 3.05) is 6.54 Å². The molecule has 0 fully saturated rings. The number of alkyl carbamates (subject to hydrolysis) is 1. The van der Waals surface area contributed by atoms with Crippen molar-refractivity contribution >= 4 is 29.0 Å². The van der Waals surface area contributed by atoms with E-state index in [0.717, 1.165) is 11.1 Å². The molecule has 0 saturated heterocycles. The van der Waals surface area contributed by atoms with E-state index in [1.807, 2.05) is 51.1 Å². The number of ether oxygens (including phenoxy) is 1. The monoisotopic (exact) mass is 330 g/mol. The fourth-order valence-corrected chi connectivity index (χ4v) is 2.21. The van der Waals surface area contributed by atoms with Gasteiger partial charge in [0.1, 0.15) is 5.60 Å². The van der Waals surface area contributed by atoms with Crippen molar-refractivity contribution in [1.82, 2.24) is 10.3 Å². The molecule has 0 radical (unpaired) electrons. The highest BCUT2D eigenvalue weighted by Crippen LogP contribution is 2.20. The van der Waals surface area contributed by atoms with Crippen LogP contribution in [0.3, 0.4) is 0 Å². The van der Waals surface area contributed by atoms with Crippen molar-refractivity contribution in [1.29, 1.82) is 0 Å². The Bertz CT molecular complexity index is 769. The van der Waals surface area contributed by atoms with Crippen molar-refractivity contribution in [3.63, 3.8) is 0 Å². The van der Waals surface area contributed by atoms with E-state index in [2.05, 4.69) is 10.3 Å². The predicted octanol–water partition coefficient (Wildman–Crippen LogP) is 3.79. The second kappa shape index (κ2) is 7.21. The lowest BCUT2D eigenvalue weighted by Crippen LogP contribution is -2.32. The van der Waals surface area contributed by atoms with Crippen molar-refractivity contribution in [2.24, 2.45) is 0 Å². The number of fused-ring (bicyclic) bond motifs is 1. The van der Waals surface area contributed by atoms with Crippen LogP contribution in [-0.4, -0.2) is 34.3 Å². The van der Waals surface area contributed by atoms with Crippen molar-refractivity contribution < 1.29 is 19.4 Å². The third-order valence-corrected chi connectivity index (χ3v) is 3.23. The average molecular weight is 330 g/mol. The number of hydrogen-bond donors (Lipinski definition) is 3. The van der Waals surface area contributed by atoms with Gasteiger partial charge in [-0.05, 0) is 44.9 Å². The zero-order valence-electron chi connectivity index (χ0n) is 14.1. The summed E-state index contributed by atoms with van der Waals surface area (Å²) >= 11 is 0. The molecule has 1 aromatic carbocycles. The SMILES string of the molecule is CC(C)(C)OC(=O)NCCC=Cc1ccc2[nH]cc(C(=O)O)c2c1. The van der Waals surface area contributed by atoms with Crippen molar-refractivity contribution in [3.8, 4) is 0 Å². The molecule has 2 rings (SSSR count). The van der Waals surface area contributed by atoms with E-state index < -0.39 is 17.7 Å². The van der Waals surface area contributed by atoms with Gasteiger partial charge in [0.2, 0.25) is 0 Å². The summed E-state index contributed by atoms with van der Waals surface area (Å²) in [7, 11) is 0. The van der Waals surface area contributed by atoms with E-state index >= 15 is 0 Å². The Labute approximate surface area is 140 Å². The maximum atomic E-state index is 11.5. The van der Waals surface area contributed by atoms with Crippen LogP contribution in [0.25, 0.3) is 17.0 Å². The Morgan fingerprint density at radius 2 is 2.08 bits per heavy atom. The van der Waals surface area contributed by atoms with E-state index in [1.165, 1.54) is 6.20 Å². The standard InChI is InChI=1S/C18H22N2O4/c1-18(2,3)24-17(23)19-9-5-4-6-12-7-8-15-13(10-12)14(11-20-15)16(21)22/h4,6-8,10-11,20H,5,9H2,1-3H3,(H,19,23)(H,21,22). The molecule has 6 nitrogen and oxygen atoms in total. The molecule has 3 N–H and O–H groups in total. The van der Waals surface area contributed by atoms with Crippen LogP contribution in [-0.2, 0) is 4.74 Å². The number of benzene rings is 1. The minimum atomic E-state index is -0.955. The highest BCUT2D eigenvalue weighted by atomic mass is 16.6. The highest BCUT2D eigenvalue weighted by Gasteiger charge is 2.15. The van der Waals surface area contributed by atoms with Crippen LogP contribution in [0, 0.1) is 0 Å². The first-order chi connectivity index (χ1) is 11.3. The Balaban J connectivity index is 1.90. The maximum Gasteiger partial charge on any atom is 0.407 e. The van der Waals surface area contributed by atoms with Crippen LogP contribution in [0.15, 0.2) is 30.5 Å².